The predicted octanol–water partition coefficient (Wildman–Crippen LogP) is 1.24. The molecule has 0 saturated carbocycles. The normalized spacial score (nSPS) is 21.2. The summed E-state index contributed by atoms with van der Waals surface area (Å²) in [4.78, 5) is 49.9. The van der Waals surface area contributed by atoms with Crippen LogP contribution in [0.3, 0.4) is 0 Å². The summed E-state index contributed by atoms with van der Waals surface area (Å²) >= 11 is 0. The smallest absolute Gasteiger partial charge is 0.338 e. The first-order chi connectivity index (χ1) is 14.3. The van der Waals surface area contributed by atoms with Crippen LogP contribution in [0.2, 0.25) is 0 Å². The minimum atomic E-state index is -0.793. The molecule has 0 radical (unpaired) electrons. The number of ether oxygens (including phenoxy) is 2. The number of nitrogens with zero attached hydrogens (tertiary/aromatic N) is 1. The van der Waals surface area contributed by atoms with Gasteiger partial charge in [0.15, 0.2) is 0 Å². The summed E-state index contributed by atoms with van der Waals surface area (Å²) in [7, 11) is 0. The van der Waals surface area contributed by atoms with Crippen molar-refractivity contribution >= 4 is 29.6 Å². The van der Waals surface area contributed by atoms with Gasteiger partial charge in [-0.1, -0.05) is 12.1 Å². The maximum absolute atomic E-state index is 14.0. The molecule has 2 aliphatic heterocycles. The van der Waals surface area contributed by atoms with Crippen LogP contribution >= 0.6 is 0 Å². The quantitative estimate of drug-likeness (QED) is 0.671. The van der Waals surface area contributed by atoms with E-state index in [2.05, 4.69) is 10.6 Å². The van der Waals surface area contributed by atoms with Gasteiger partial charge in [-0.3, -0.25) is 9.59 Å². The van der Waals surface area contributed by atoms with E-state index in [4.69, 9.17) is 9.47 Å². The second kappa shape index (κ2) is 8.93. The number of hydrogen-bond donors (Lipinski definition) is 2. The van der Waals surface area contributed by atoms with E-state index in [0.717, 1.165) is 0 Å². The highest BCUT2D eigenvalue weighted by Crippen LogP contribution is 2.28. The van der Waals surface area contributed by atoms with Gasteiger partial charge >= 0.3 is 18.0 Å². The Labute approximate surface area is 172 Å². The van der Waals surface area contributed by atoms with Crippen molar-refractivity contribution in [3.8, 4) is 0 Å². The summed E-state index contributed by atoms with van der Waals surface area (Å²) in [5, 5.41) is 5.00. The Bertz CT molecular complexity index is 916. The number of nitrogens with one attached hydrogen (secondary N) is 2. The Morgan fingerprint density at radius 3 is 2.67 bits per heavy atom. The lowest BCUT2D eigenvalue weighted by molar-refractivity contribution is -0.147. The standard InChI is InChI=1S/C20H22FN3O6/c1-3-29-19(27)17-11(2)22-20(28)23-14(17)10-30-18(26)12-8-16(25)24(9-12)15-7-5-4-6-13(15)21/h4-7,11-12H,3,8-10H2,1-2H3,(H2,22,23,28)/t11-,12-/m1/s1. The fourth-order valence-electron chi connectivity index (χ4n) is 3.42. The van der Waals surface area contributed by atoms with Gasteiger partial charge < -0.3 is 25.0 Å². The number of carbonyl (C=O) groups is 4. The Hall–Kier alpha value is -3.43. The molecule has 0 aliphatic carbocycles. The number of benzene rings is 1. The average Bonchev–Trinajstić information content (AvgIpc) is 3.07. The van der Waals surface area contributed by atoms with Crippen molar-refractivity contribution in [3.05, 3.63) is 41.4 Å². The molecule has 0 spiro atoms. The van der Waals surface area contributed by atoms with E-state index in [1.165, 1.54) is 23.1 Å². The highest BCUT2D eigenvalue weighted by Gasteiger charge is 2.38. The number of esters is 2. The minimum absolute atomic E-state index is 0.0211. The number of para-hydroxylation sites is 1. The molecule has 0 aromatic heterocycles. The number of urea groups is 1. The Morgan fingerprint density at radius 2 is 1.97 bits per heavy atom. The van der Waals surface area contributed by atoms with E-state index >= 15 is 0 Å². The molecule has 3 amide bonds. The monoisotopic (exact) mass is 419 g/mol. The number of amides is 3. The van der Waals surface area contributed by atoms with Crippen LogP contribution in [-0.2, 0) is 23.9 Å². The van der Waals surface area contributed by atoms with Gasteiger partial charge in [0.05, 0.1) is 35.5 Å². The third-order valence-corrected chi connectivity index (χ3v) is 4.83. The fourth-order valence-corrected chi connectivity index (χ4v) is 3.42. The number of hydrogen-bond acceptors (Lipinski definition) is 6. The SMILES string of the molecule is CCOC(=O)C1=C(COC(=O)[C@@H]2CC(=O)N(c3ccccc3F)C2)NC(=O)N[C@@H]1C. The van der Waals surface area contributed by atoms with Crippen molar-refractivity contribution in [1.82, 2.24) is 10.6 Å². The molecule has 2 N–H and O–H groups in total. The third-order valence-electron chi connectivity index (χ3n) is 4.83. The van der Waals surface area contributed by atoms with E-state index in [1.54, 1.807) is 19.9 Å². The van der Waals surface area contributed by atoms with Crippen molar-refractivity contribution in [1.29, 1.82) is 0 Å². The maximum Gasteiger partial charge on any atom is 0.338 e. The molecule has 1 aromatic carbocycles. The summed E-state index contributed by atoms with van der Waals surface area (Å²) in [6.45, 7) is 3.01. The number of halogens is 1. The second-order valence-electron chi connectivity index (χ2n) is 6.90. The van der Waals surface area contributed by atoms with Gasteiger partial charge in [0.25, 0.3) is 0 Å². The van der Waals surface area contributed by atoms with Gasteiger partial charge in [0, 0.05) is 13.0 Å². The van der Waals surface area contributed by atoms with Crippen LogP contribution in [-0.4, -0.2) is 49.7 Å². The molecule has 1 aromatic rings. The molecule has 1 fully saturated rings. The first-order valence-corrected chi connectivity index (χ1v) is 9.51. The van der Waals surface area contributed by atoms with E-state index in [-0.39, 0.29) is 43.1 Å². The molecule has 0 bridgehead atoms. The van der Waals surface area contributed by atoms with E-state index < -0.39 is 41.7 Å². The molecule has 30 heavy (non-hydrogen) atoms. The van der Waals surface area contributed by atoms with Crippen molar-refractivity contribution in [2.24, 2.45) is 5.92 Å². The van der Waals surface area contributed by atoms with Crippen LogP contribution < -0.4 is 15.5 Å². The van der Waals surface area contributed by atoms with Crippen molar-refractivity contribution in [3.63, 3.8) is 0 Å². The molecule has 1 saturated heterocycles. The zero-order chi connectivity index (χ0) is 21.8. The van der Waals surface area contributed by atoms with Crippen molar-refractivity contribution < 1.29 is 33.0 Å². The van der Waals surface area contributed by atoms with Gasteiger partial charge in [-0.15, -0.1) is 0 Å². The Morgan fingerprint density at radius 1 is 1.23 bits per heavy atom. The number of rotatable bonds is 6. The van der Waals surface area contributed by atoms with Crippen LogP contribution in [0, 0.1) is 11.7 Å². The highest BCUT2D eigenvalue weighted by molar-refractivity contribution is 5.99. The topological polar surface area (TPSA) is 114 Å². The van der Waals surface area contributed by atoms with E-state index in [0.29, 0.717) is 0 Å². The van der Waals surface area contributed by atoms with Crippen molar-refractivity contribution in [2.75, 3.05) is 24.7 Å². The third kappa shape index (κ3) is 4.42. The summed E-state index contributed by atoms with van der Waals surface area (Å²) in [5.41, 5.74) is 0.373. The summed E-state index contributed by atoms with van der Waals surface area (Å²) in [6, 6.07) is 4.64. The lowest BCUT2D eigenvalue weighted by Crippen LogP contribution is -2.50. The molecule has 9 nitrogen and oxygen atoms in total. The lowest BCUT2D eigenvalue weighted by atomic mass is 10.0. The van der Waals surface area contributed by atoms with Crippen LogP contribution in [0.4, 0.5) is 14.9 Å². The summed E-state index contributed by atoms with van der Waals surface area (Å²) < 4.78 is 24.2. The number of anilines is 1. The van der Waals surface area contributed by atoms with E-state index in [9.17, 15) is 23.6 Å². The zero-order valence-corrected chi connectivity index (χ0v) is 16.6. The van der Waals surface area contributed by atoms with Gasteiger partial charge in [-0.25, -0.2) is 14.0 Å². The summed E-state index contributed by atoms with van der Waals surface area (Å²) in [5.74, 6) is -3.06. The minimum Gasteiger partial charge on any atom is -0.463 e. The molecule has 2 heterocycles. The second-order valence-corrected chi connectivity index (χ2v) is 6.90. The predicted molar refractivity (Wildman–Crippen MR) is 103 cm³/mol. The number of carbonyl (C=O) groups excluding carboxylic acids is 4. The molecule has 2 atom stereocenters. The lowest BCUT2D eigenvalue weighted by Gasteiger charge is -2.26. The van der Waals surface area contributed by atoms with Crippen LogP contribution in [0.1, 0.15) is 20.3 Å². The first kappa shape index (κ1) is 21.3. The van der Waals surface area contributed by atoms with E-state index in [1.807, 2.05) is 0 Å². The van der Waals surface area contributed by atoms with Gasteiger partial charge in [0.2, 0.25) is 5.91 Å². The summed E-state index contributed by atoms with van der Waals surface area (Å²) in [6.07, 6.45) is -0.124. The van der Waals surface area contributed by atoms with Gasteiger partial charge in [0.1, 0.15) is 12.4 Å². The Balaban J connectivity index is 1.69. The average molecular weight is 419 g/mol. The fraction of sp³-hybridized carbons (Fsp3) is 0.400. The molecular weight excluding hydrogens is 397 g/mol. The van der Waals surface area contributed by atoms with Crippen LogP contribution in [0.15, 0.2) is 35.5 Å². The largest absolute Gasteiger partial charge is 0.463 e. The van der Waals surface area contributed by atoms with Gasteiger partial charge in [-0.05, 0) is 26.0 Å². The molecule has 0 unspecified atom stereocenters. The molecule has 2 aliphatic rings. The molecule has 160 valence electrons. The zero-order valence-electron chi connectivity index (χ0n) is 16.6. The van der Waals surface area contributed by atoms with Crippen LogP contribution in [0.25, 0.3) is 0 Å². The molecule has 3 rings (SSSR count). The Kier molecular flexibility index (Phi) is 6.34. The van der Waals surface area contributed by atoms with Crippen molar-refractivity contribution in [2.45, 2.75) is 26.3 Å². The van der Waals surface area contributed by atoms with Crippen LogP contribution in [0.5, 0.6) is 0 Å². The maximum atomic E-state index is 14.0. The first-order valence-electron chi connectivity index (χ1n) is 9.51. The molecular formula is C20H22FN3O6. The van der Waals surface area contributed by atoms with Gasteiger partial charge in [-0.2, -0.15) is 0 Å². The molecule has 10 heteroatoms. The highest BCUT2D eigenvalue weighted by atomic mass is 19.1.